The van der Waals surface area contributed by atoms with Gasteiger partial charge in [-0.3, -0.25) is 9.59 Å². The van der Waals surface area contributed by atoms with Crippen LogP contribution in [0.5, 0.6) is 5.75 Å². The average molecular weight is 421 g/mol. The summed E-state index contributed by atoms with van der Waals surface area (Å²) in [6.45, 7) is 8.54. The van der Waals surface area contributed by atoms with E-state index in [4.69, 9.17) is 4.74 Å². The third-order valence-electron chi connectivity index (χ3n) is 5.57. The molecule has 3 rings (SSSR count). The molecule has 0 radical (unpaired) electrons. The van der Waals surface area contributed by atoms with Crippen LogP contribution in [0.4, 0.5) is 0 Å². The molecule has 31 heavy (non-hydrogen) atoms. The van der Waals surface area contributed by atoms with Gasteiger partial charge >= 0.3 is 0 Å². The minimum atomic E-state index is -0.303. The van der Waals surface area contributed by atoms with Crippen molar-refractivity contribution in [1.82, 2.24) is 10.2 Å². The Labute approximate surface area is 185 Å². The number of nitrogens with one attached hydrogen (secondary N) is 1. The fourth-order valence-electron chi connectivity index (χ4n) is 3.74. The molecule has 1 aliphatic heterocycles. The van der Waals surface area contributed by atoms with Crippen molar-refractivity contribution < 1.29 is 14.3 Å². The smallest absolute Gasteiger partial charge is 0.223 e. The Bertz CT molecular complexity index is 934. The van der Waals surface area contributed by atoms with Gasteiger partial charge < -0.3 is 15.0 Å². The van der Waals surface area contributed by atoms with Gasteiger partial charge in [0.25, 0.3) is 0 Å². The number of nitrogens with zero attached hydrogens (tertiary/aromatic N) is 1. The molecule has 2 amide bonds. The maximum absolute atomic E-state index is 12.8. The highest BCUT2D eigenvalue weighted by Crippen LogP contribution is 2.33. The summed E-state index contributed by atoms with van der Waals surface area (Å²) in [5.74, 6) is 1.28. The van der Waals surface area contributed by atoms with E-state index in [9.17, 15) is 9.59 Å². The van der Waals surface area contributed by atoms with Gasteiger partial charge in [0.2, 0.25) is 11.8 Å². The summed E-state index contributed by atoms with van der Waals surface area (Å²) in [7, 11) is 0. The number of benzene rings is 2. The third-order valence-corrected chi connectivity index (χ3v) is 5.57. The highest BCUT2D eigenvalue weighted by molar-refractivity contribution is 5.82. The third kappa shape index (κ3) is 5.97. The Balaban J connectivity index is 1.62. The van der Waals surface area contributed by atoms with Gasteiger partial charge in [-0.15, -0.1) is 0 Å². The van der Waals surface area contributed by atoms with Crippen LogP contribution in [-0.4, -0.2) is 23.3 Å². The molecule has 1 N–H and O–H groups in total. The van der Waals surface area contributed by atoms with Crippen LogP contribution < -0.4 is 10.1 Å². The molecule has 0 spiro atoms. The Morgan fingerprint density at radius 1 is 1.06 bits per heavy atom. The fraction of sp³-hybridized carbons (Fsp3) is 0.385. The zero-order valence-electron chi connectivity index (χ0n) is 18.8. The summed E-state index contributed by atoms with van der Waals surface area (Å²) < 4.78 is 5.77. The first-order chi connectivity index (χ1) is 14.8. The number of rotatable bonds is 8. The molecule has 2 atom stereocenters. The summed E-state index contributed by atoms with van der Waals surface area (Å²) in [5, 5.41) is 3.07. The molecule has 1 heterocycles. The van der Waals surface area contributed by atoms with Crippen LogP contribution in [0.3, 0.4) is 0 Å². The van der Waals surface area contributed by atoms with Crippen LogP contribution in [0.2, 0.25) is 0 Å². The van der Waals surface area contributed by atoms with E-state index in [2.05, 4.69) is 19.2 Å². The summed E-state index contributed by atoms with van der Waals surface area (Å²) in [6, 6.07) is 15.3. The quantitative estimate of drug-likeness (QED) is 0.634. The molecule has 1 aliphatic rings. The van der Waals surface area contributed by atoms with Gasteiger partial charge in [-0.1, -0.05) is 50.2 Å². The lowest BCUT2D eigenvalue weighted by molar-refractivity contribution is -0.130. The SMILES string of the molecule is CC(=O)N1C=Cc2ccccc2C1CC(=O)NC(C)c1ccc(OCCC(C)C)cc1. The predicted octanol–water partition coefficient (Wildman–Crippen LogP) is 5.25. The second-order valence-electron chi connectivity index (χ2n) is 8.48. The topological polar surface area (TPSA) is 58.6 Å². The van der Waals surface area contributed by atoms with E-state index in [1.165, 1.54) is 6.92 Å². The van der Waals surface area contributed by atoms with Crippen LogP contribution >= 0.6 is 0 Å². The number of fused-ring (bicyclic) bond motifs is 1. The van der Waals surface area contributed by atoms with Gasteiger partial charge in [0, 0.05) is 13.1 Å². The largest absolute Gasteiger partial charge is 0.494 e. The Kier molecular flexibility index (Phi) is 7.50. The van der Waals surface area contributed by atoms with Gasteiger partial charge in [0.15, 0.2) is 0 Å². The average Bonchev–Trinajstić information content (AvgIpc) is 2.74. The van der Waals surface area contributed by atoms with Crippen LogP contribution in [0.25, 0.3) is 6.08 Å². The lowest BCUT2D eigenvalue weighted by Crippen LogP contribution is -2.36. The van der Waals surface area contributed by atoms with Crippen molar-refractivity contribution in [3.8, 4) is 5.75 Å². The van der Waals surface area contributed by atoms with Crippen molar-refractivity contribution in [3.05, 3.63) is 71.4 Å². The summed E-state index contributed by atoms with van der Waals surface area (Å²) in [6.07, 6.45) is 4.91. The van der Waals surface area contributed by atoms with Crippen molar-refractivity contribution in [2.24, 2.45) is 5.92 Å². The normalized spacial score (nSPS) is 16.0. The van der Waals surface area contributed by atoms with Crippen molar-refractivity contribution >= 4 is 17.9 Å². The van der Waals surface area contributed by atoms with Gasteiger partial charge in [-0.2, -0.15) is 0 Å². The van der Waals surface area contributed by atoms with Crippen LogP contribution in [-0.2, 0) is 9.59 Å². The van der Waals surface area contributed by atoms with Crippen molar-refractivity contribution in [3.63, 3.8) is 0 Å². The zero-order valence-corrected chi connectivity index (χ0v) is 18.8. The van der Waals surface area contributed by atoms with Gasteiger partial charge in [0.05, 0.1) is 25.1 Å². The number of ether oxygens (including phenoxy) is 1. The maximum atomic E-state index is 12.8. The molecule has 2 aromatic rings. The zero-order chi connectivity index (χ0) is 22.4. The summed E-state index contributed by atoms with van der Waals surface area (Å²) in [5.41, 5.74) is 3.04. The molecule has 164 valence electrons. The molecule has 2 unspecified atom stereocenters. The van der Waals surface area contributed by atoms with E-state index in [0.29, 0.717) is 12.5 Å². The minimum absolute atomic E-state index is 0.0790. The van der Waals surface area contributed by atoms with Crippen LogP contribution in [0, 0.1) is 5.92 Å². The Morgan fingerprint density at radius 3 is 2.45 bits per heavy atom. The number of carbonyl (C=O) groups is 2. The Morgan fingerprint density at radius 2 is 1.77 bits per heavy atom. The standard InChI is InChI=1S/C26H32N2O3/c1-18(2)14-16-31-23-11-9-21(10-12-23)19(3)27-26(30)17-25-24-8-6-5-7-22(24)13-15-28(25)20(4)29/h5-13,15,18-19,25H,14,16-17H2,1-4H3,(H,27,30). The van der Waals surface area contributed by atoms with E-state index < -0.39 is 0 Å². The second kappa shape index (κ2) is 10.3. The number of hydrogen-bond donors (Lipinski definition) is 1. The van der Waals surface area contributed by atoms with E-state index in [1.807, 2.05) is 61.5 Å². The van der Waals surface area contributed by atoms with Gasteiger partial charge in [0.1, 0.15) is 5.75 Å². The molecule has 2 aromatic carbocycles. The highest BCUT2D eigenvalue weighted by Gasteiger charge is 2.28. The van der Waals surface area contributed by atoms with E-state index in [0.717, 1.165) is 28.9 Å². The molecular weight excluding hydrogens is 388 g/mol. The maximum Gasteiger partial charge on any atom is 0.223 e. The minimum Gasteiger partial charge on any atom is -0.494 e. The summed E-state index contributed by atoms with van der Waals surface area (Å²) in [4.78, 5) is 26.6. The number of hydrogen-bond acceptors (Lipinski definition) is 3. The molecule has 0 saturated heterocycles. The first kappa shape index (κ1) is 22.6. The van der Waals surface area contributed by atoms with E-state index in [1.54, 1.807) is 11.1 Å². The second-order valence-corrected chi connectivity index (χ2v) is 8.48. The fourth-order valence-corrected chi connectivity index (χ4v) is 3.74. The molecule has 5 nitrogen and oxygen atoms in total. The lowest BCUT2D eigenvalue weighted by Gasteiger charge is -2.32. The van der Waals surface area contributed by atoms with E-state index >= 15 is 0 Å². The monoisotopic (exact) mass is 420 g/mol. The van der Waals surface area contributed by atoms with Crippen molar-refractivity contribution in [2.75, 3.05) is 6.61 Å². The molecular formula is C26H32N2O3. The van der Waals surface area contributed by atoms with Gasteiger partial charge in [-0.05, 0) is 54.2 Å². The Hall–Kier alpha value is -3.08. The summed E-state index contributed by atoms with van der Waals surface area (Å²) >= 11 is 0. The van der Waals surface area contributed by atoms with Crippen molar-refractivity contribution in [2.45, 2.75) is 52.6 Å². The van der Waals surface area contributed by atoms with Gasteiger partial charge in [-0.25, -0.2) is 0 Å². The molecule has 0 aromatic heterocycles. The van der Waals surface area contributed by atoms with Crippen molar-refractivity contribution in [1.29, 1.82) is 0 Å². The van der Waals surface area contributed by atoms with E-state index in [-0.39, 0.29) is 30.3 Å². The van der Waals surface area contributed by atoms with Crippen LogP contribution in [0.15, 0.2) is 54.7 Å². The highest BCUT2D eigenvalue weighted by atomic mass is 16.5. The molecule has 0 bridgehead atoms. The molecule has 0 aliphatic carbocycles. The lowest BCUT2D eigenvalue weighted by atomic mass is 9.93. The molecule has 5 heteroatoms. The first-order valence-corrected chi connectivity index (χ1v) is 10.9. The van der Waals surface area contributed by atoms with Crippen LogP contribution in [0.1, 0.15) is 69.3 Å². The number of carbonyl (C=O) groups excluding carboxylic acids is 2. The number of amides is 2. The first-order valence-electron chi connectivity index (χ1n) is 10.9. The predicted molar refractivity (Wildman–Crippen MR) is 123 cm³/mol. The molecule has 0 fully saturated rings. The molecule has 0 saturated carbocycles.